The molecule has 1 aliphatic rings. The van der Waals surface area contributed by atoms with Crippen molar-refractivity contribution in [3.63, 3.8) is 0 Å². The number of carbonyl (C=O) groups excluding carboxylic acids is 1. The molecule has 1 N–H and O–H groups in total. The van der Waals surface area contributed by atoms with Crippen LogP contribution in [0, 0.1) is 19.8 Å². The van der Waals surface area contributed by atoms with E-state index in [2.05, 4.69) is 33.4 Å². The molecule has 1 aliphatic heterocycles. The second-order valence-electron chi connectivity index (χ2n) is 6.85. The van der Waals surface area contributed by atoms with Gasteiger partial charge in [0, 0.05) is 4.88 Å². The molecule has 27 heavy (non-hydrogen) atoms. The van der Waals surface area contributed by atoms with Crippen molar-refractivity contribution in [2.24, 2.45) is 5.92 Å². The molecule has 4 rings (SSSR count). The number of methoxy groups -OCH3 is 1. The summed E-state index contributed by atoms with van der Waals surface area (Å²) in [5.41, 5.74) is 1.20. The van der Waals surface area contributed by atoms with Crippen LogP contribution in [0.1, 0.15) is 40.0 Å². The lowest BCUT2D eigenvalue weighted by Crippen LogP contribution is -2.39. The number of esters is 1. The van der Waals surface area contributed by atoms with E-state index in [1.54, 1.807) is 11.3 Å². The molecule has 1 saturated heterocycles. The molecule has 0 bridgehead atoms. The summed E-state index contributed by atoms with van der Waals surface area (Å²) < 4.78 is 6.43. The quantitative estimate of drug-likeness (QED) is 0.671. The minimum Gasteiger partial charge on any atom is -0.492 e. The first kappa shape index (κ1) is 18.4. The monoisotopic (exact) mass is 406 g/mol. The Kier molecular flexibility index (Phi) is 4.92. The van der Waals surface area contributed by atoms with Gasteiger partial charge < -0.3 is 9.84 Å². The smallest absolute Gasteiger partial charge is 0.308 e. The number of rotatable bonds is 4. The van der Waals surface area contributed by atoms with E-state index < -0.39 is 0 Å². The van der Waals surface area contributed by atoms with Gasteiger partial charge in [0.25, 0.3) is 0 Å². The molecule has 1 fully saturated rings. The van der Waals surface area contributed by atoms with Crippen molar-refractivity contribution in [1.29, 1.82) is 0 Å². The zero-order valence-corrected chi connectivity index (χ0v) is 17.1. The Morgan fingerprint density at radius 3 is 2.67 bits per heavy atom. The highest BCUT2D eigenvalue weighted by Crippen LogP contribution is 2.43. The van der Waals surface area contributed by atoms with Gasteiger partial charge in [-0.2, -0.15) is 4.52 Å². The molecule has 0 aromatic carbocycles. The number of aryl methyl sites for hydroxylation is 2. The predicted octanol–water partition coefficient (Wildman–Crippen LogP) is 3.15. The van der Waals surface area contributed by atoms with Gasteiger partial charge in [-0.15, -0.1) is 16.4 Å². The van der Waals surface area contributed by atoms with E-state index in [1.165, 1.54) is 33.4 Å². The maximum atomic E-state index is 11.9. The average molecular weight is 407 g/mol. The van der Waals surface area contributed by atoms with Gasteiger partial charge in [0.1, 0.15) is 5.82 Å². The number of nitrogens with zero attached hydrogens (tertiary/aromatic N) is 4. The summed E-state index contributed by atoms with van der Waals surface area (Å²) in [6, 6.07) is 2.05. The number of carbonyl (C=O) groups is 1. The van der Waals surface area contributed by atoms with E-state index >= 15 is 0 Å². The molecule has 3 aromatic rings. The normalized spacial score (nSPS) is 17.4. The molecule has 7 nitrogen and oxygen atoms in total. The first-order valence-electron chi connectivity index (χ1n) is 8.90. The van der Waals surface area contributed by atoms with E-state index in [1.807, 2.05) is 6.92 Å². The fourth-order valence-electron chi connectivity index (χ4n) is 3.70. The van der Waals surface area contributed by atoms with Gasteiger partial charge in [-0.25, -0.2) is 4.98 Å². The summed E-state index contributed by atoms with van der Waals surface area (Å²) in [6.45, 7) is 5.46. The molecule has 3 aromatic heterocycles. The SMILES string of the molecule is COC(=O)C1CCN([C@@H](c2sccc2C)c2sc3nc(C)nn3c2O)CC1. The number of piperidine rings is 1. The standard InChI is InChI=1S/C18H22N4O3S2/c1-10-6-9-26-14(10)13(21-7-4-12(5-8-21)17(24)25-3)15-16(23)22-18(27-15)19-11(2)20-22/h6,9,12-13,23H,4-5,7-8H2,1-3H3/t13-/m0/s1. The third kappa shape index (κ3) is 3.24. The highest BCUT2D eigenvalue weighted by molar-refractivity contribution is 7.17. The maximum Gasteiger partial charge on any atom is 0.308 e. The number of aromatic hydroxyl groups is 1. The fraction of sp³-hybridized carbons (Fsp3) is 0.500. The predicted molar refractivity (Wildman–Crippen MR) is 104 cm³/mol. The van der Waals surface area contributed by atoms with E-state index in [0.29, 0.717) is 10.8 Å². The lowest BCUT2D eigenvalue weighted by atomic mass is 9.95. The second-order valence-corrected chi connectivity index (χ2v) is 8.80. The van der Waals surface area contributed by atoms with Crippen LogP contribution in [0.15, 0.2) is 11.4 Å². The molecule has 4 heterocycles. The van der Waals surface area contributed by atoms with Gasteiger partial charge in [0.2, 0.25) is 10.8 Å². The molecule has 0 amide bonds. The van der Waals surface area contributed by atoms with E-state index in [9.17, 15) is 9.90 Å². The third-order valence-corrected chi connectivity index (χ3v) is 7.28. The summed E-state index contributed by atoms with van der Waals surface area (Å²) in [5, 5.41) is 17.2. The highest BCUT2D eigenvalue weighted by atomic mass is 32.1. The Bertz CT molecular complexity index is 969. The average Bonchev–Trinajstić information content (AvgIpc) is 3.33. The number of hydrogen-bond acceptors (Lipinski definition) is 8. The van der Waals surface area contributed by atoms with Gasteiger partial charge in [0.15, 0.2) is 0 Å². The lowest BCUT2D eigenvalue weighted by molar-refractivity contribution is -0.147. The third-order valence-electron chi connectivity index (χ3n) is 5.13. The van der Waals surface area contributed by atoms with Crippen LogP contribution >= 0.6 is 22.7 Å². The first-order chi connectivity index (χ1) is 13.0. The number of fused-ring (bicyclic) bond motifs is 1. The van der Waals surface area contributed by atoms with Crippen LogP contribution in [-0.4, -0.2) is 50.8 Å². The number of aromatic nitrogens is 3. The Morgan fingerprint density at radius 1 is 1.33 bits per heavy atom. The van der Waals surface area contributed by atoms with E-state index in [0.717, 1.165) is 30.8 Å². The van der Waals surface area contributed by atoms with Crippen LogP contribution in [0.4, 0.5) is 0 Å². The van der Waals surface area contributed by atoms with Crippen molar-refractivity contribution in [3.05, 3.63) is 32.6 Å². The summed E-state index contributed by atoms with van der Waals surface area (Å²) in [5.74, 6) is 0.625. The molecule has 144 valence electrons. The zero-order valence-electron chi connectivity index (χ0n) is 15.5. The van der Waals surface area contributed by atoms with Crippen LogP contribution in [-0.2, 0) is 9.53 Å². The first-order valence-corrected chi connectivity index (χ1v) is 10.6. The van der Waals surface area contributed by atoms with Crippen molar-refractivity contribution in [1.82, 2.24) is 19.5 Å². The number of likely N-dealkylation sites (tertiary alicyclic amines) is 1. The van der Waals surface area contributed by atoms with Crippen LogP contribution in [0.3, 0.4) is 0 Å². The van der Waals surface area contributed by atoms with Crippen molar-refractivity contribution in [2.45, 2.75) is 32.7 Å². The number of thiophene rings is 1. The molecule has 0 aliphatic carbocycles. The van der Waals surface area contributed by atoms with Crippen molar-refractivity contribution < 1.29 is 14.6 Å². The van der Waals surface area contributed by atoms with Gasteiger partial charge in [-0.3, -0.25) is 9.69 Å². The van der Waals surface area contributed by atoms with E-state index in [-0.39, 0.29) is 23.8 Å². The number of thiazole rings is 1. The van der Waals surface area contributed by atoms with Gasteiger partial charge in [-0.1, -0.05) is 11.3 Å². The van der Waals surface area contributed by atoms with Crippen LogP contribution in [0.2, 0.25) is 0 Å². The molecule has 0 unspecified atom stereocenters. The lowest BCUT2D eigenvalue weighted by Gasteiger charge is -2.36. The summed E-state index contributed by atoms with van der Waals surface area (Å²) in [7, 11) is 1.45. The summed E-state index contributed by atoms with van der Waals surface area (Å²) in [4.78, 5) is 21.4. The summed E-state index contributed by atoms with van der Waals surface area (Å²) in [6.07, 6.45) is 1.52. The highest BCUT2D eigenvalue weighted by Gasteiger charge is 2.35. The maximum absolute atomic E-state index is 11.9. The minimum atomic E-state index is -0.129. The van der Waals surface area contributed by atoms with Gasteiger partial charge in [0.05, 0.1) is 23.9 Å². The Labute approximate surface area is 165 Å². The molecule has 9 heteroatoms. The Hall–Kier alpha value is -1.97. The fourth-order valence-corrected chi connectivity index (χ4v) is 5.99. The molecular formula is C18H22N4O3S2. The topological polar surface area (TPSA) is 80.0 Å². The van der Waals surface area contributed by atoms with Crippen molar-refractivity contribution in [3.8, 4) is 5.88 Å². The van der Waals surface area contributed by atoms with Crippen LogP contribution < -0.4 is 0 Å². The number of ether oxygens (including phenoxy) is 1. The molecular weight excluding hydrogens is 384 g/mol. The Balaban J connectivity index is 1.70. The zero-order chi connectivity index (χ0) is 19.1. The number of hydrogen-bond donors (Lipinski definition) is 1. The minimum absolute atomic E-state index is 0.0464. The van der Waals surface area contributed by atoms with Gasteiger partial charge in [-0.05, 0) is 56.8 Å². The van der Waals surface area contributed by atoms with Crippen molar-refractivity contribution in [2.75, 3.05) is 20.2 Å². The Morgan fingerprint density at radius 2 is 2.07 bits per heavy atom. The molecule has 0 radical (unpaired) electrons. The van der Waals surface area contributed by atoms with Crippen molar-refractivity contribution >= 4 is 33.6 Å². The summed E-state index contributed by atoms with van der Waals surface area (Å²) >= 11 is 3.17. The molecule has 0 saturated carbocycles. The van der Waals surface area contributed by atoms with E-state index in [4.69, 9.17) is 4.74 Å². The molecule has 0 spiro atoms. The van der Waals surface area contributed by atoms with Crippen LogP contribution in [0.5, 0.6) is 5.88 Å². The van der Waals surface area contributed by atoms with Gasteiger partial charge >= 0.3 is 5.97 Å². The van der Waals surface area contributed by atoms with Crippen LogP contribution in [0.25, 0.3) is 4.96 Å². The second kappa shape index (κ2) is 7.21. The molecule has 1 atom stereocenters. The largest absolute Gasteiger partial charge is 0.492 e.